The van der Waals surface area contributed by atoms with E-state index in [2.05, 4.69) is 6.92 Å². The number of benzene rings is 2. The standard InChI is InChI=1S/C26H38O5S.K/c1-2-3-4-5-6-7-8-9-10-11-12-14-17-22-20-24(27)26(25(21-22)32(28,29)30)31-23-18-15-13-16-19-23;/h13,15-16,18-21,27H,2-12,14,17H2,1H3,(H,28,29,30);/q;+1/p-1. The molecule has 7 heteroatoms. The molecule has 0 aliphatic heterocycles. The Morgan fingerprint density at radius 2 is 1.33 bits per heavy atom. The zero-order chi connectivity index (χ0) is 23.2. The van der Waals surface area contributed by atoms with E-state index in [-0.39, 0.29) is 57.1 Å². The summed E-state index contributed by atoms with van der Waals surface area (Å²) in [4.78, 5) is -0.470. The SMILES string of the molecule is CCCCCCCCCCCCCCc1cc([O-])c(Oc2ccccc2)c(S(=O)(=O)O)c1.[K+]. The molecule has 0 unspecified atom stereocenters. The van der Waals surface area contributed by atoms with Crippen molar-refractivity contribution in [3.8, 4) is 17.2 Å². The van der Waals surface area contributed by atoms with Gasteiger partial charge in [0.05, 0.1) is 0 Å². The van der Waals surface area contributed by atoms with Crippen molar-refractivity contribution < 1.29 is 74.2 Å². The van der Waals surface area contributed by atoms with Gasteiger partial charge in [-0.2, -0.15) is 8.42 Å². The van der Waals surface area contributed by atoms with E-state index in [1.54, 1.807) is 30.3 Å². The van der Waals surface area contributed by atoms with E-state index in [0.29, 0.717) is 17.7 Å². The largest absolute Gasteiger partial charge is 1.00 e. The molecule has 0 bridgehead atoms. The van der Waals surface area contributed by atoms with Crippen molar-refractivity contribution in [3.63, 3.8) is 0 Å². The molecule has 1 N–H and O–H groups in total. The van der Waals surface area contributed by atoms with Gasteiger partial charge >= 0.3 is 51.4 Å². The van der Waals surface area contributed by atoms with Crippen molar-refractivity contribution in [2.45, 2.75) is 95.3 Å². The number of aryl methyl sites for hydroxylation is 1. The Kier molecular flexibility index (Phi) is 15.9. The molecule has 0 saturated carbocycles. The van der Waals surface area contributed by atoms with E-state index in [0.717, 1.165) is 19.3 Å². The molecule has 0 fully saturated rings. The summed E-state index contributed by atoms with van der Waals surface area (Å²) in [6.07, 6.45) is 15.4. The van der Waals surface area contributed by atoms with Crippen molar-refractivity contribution in [1.29, 1.82) is 0 Å². The van der Waals surface area contributed by atoms with Gasteiger partial charge in [-0.15, -0.1) is 0 Å². The summed E-state index contributed by atoms with van der Waals surface area (Å²) in [7, 11) is -4.58. The Morgan fingerprint density at radius 1 is 0.818 bits per heavy atom. The Labute approximate surface area is 242 Å². The van der Waals surface area contributed by atoms with Gasteiger partial charge in [0.1, 0.15) is 16.4 Å². The van der Waals surface area contributed by atoms with Gasteiger partial charge in [0, 0.05) is 0 Å². The smallest absolute Gasteiger partial charge is 0.870 e. The molecule has 0 aliphatic carbocycles. The predicted molar refractivity (Wildman–Crippen MR) is 127 cm³/mol. The van der Waals surface area contributed by atoms with Crippen LogP contribution in [-0.4, -0.2) is 13.0 Å². The quantitative estimate of drug-likeness (QED) is 0.213. The molecular weight excluding hydrogens is 463 g/mol. The maximum absolute atomic E-state index is 12.5. The minimum absolute atomic E-state index is 0. The first-order chi connectivity index (χ1) is 15.4. The van der Waals surface area contributed by atoms with E-state index in [9.17, 15) is 18.1 Å². The van der Waals surface area contributed by atoms with E-state index < -0.39 is 20.8 Å². The maximum Gasteiger partial charge on any atom is 1.00 e. The Bertz CT molecular complexity index is 900. The molecule has 0 aromatic heterocycles. The van der Waals surface area contributed by atoms with Crippen molar-refractivity contribution in [1.82, 2.24) is 0 Å². The topological polar surface area (TPSA) is 86.7 Å². The third-order valence-corrected chi connectivity index (χ3v) is 6.50. The first-order valence-electron chi connectivity index (χ1n) is 12.0. The van der Waals surface area contributed by atoms with Crippen LogP contribution in [0.5, 0.6) is 17.2 Å². The Hall–Kier alpha value is -0.414. The van der Waals surface area contributed by atoms with Crippen LogP contribution in [0.2, 0.25) is 0 Å². The second-order valence-corrected chi connectivity index (χ2v) is 9.84. The number of unbranched alkanes of at least 4 members (excludes halogenated alkanes) is 11. The minimum Gasteiger partial charge on any atom is -0.870 e. The Balaban J connectivity index is 0.00000544. The number of ether oxygens (including phenoxy) is 1. The van der Waals surface area contributed by atoms with Gasteiger partial charge in [-0.05, 0) is 36.6 Å². The van der Waals surface area contributed by atoms with Crippen LogP contribution in [0.25, 0.3) is 0 Å². The summed E-state index contributed by atoms with van der Waals surface area (Å²) >= 11 is 0. The van der Waals surface area contributed by atoms with Gasteiger partial charge in [0.25, 0.3) is 10.1 Å². The summed E-state index contributed by atoms with van der Waals surface area (Å²) in [5.41, 5.74) is 0.607. The summed E-state index contributed by atoms with van der Waals surface area (Å²) in [6, 6.07) is 11.2. The fourth-order valence-electron chi connectivity index (χ4n) is 3.84. The normalized spacial score (nSPS) is 11.2. The molecule has 0 heterocycles. The summed E-state index contributed by atoms with van der Waals surface area (Å²) < 4.78 is 38.8. The molecule has 0 spiro atoms. The maximum atomic E-state index is 12.5. The van der Waals surface area contributed by atoms with Crippen LogP contribution in [0, 0.1) is 0 Å². The van der Waals surface area contributed by atoms with E-state index >= 15 is 0 Å². The monoisotopic (exact) mass is 500 g/mol. The Morgan fingerprint density at radius 3 is 1.85 bits per heavy atom. The average molecular weight is 501 g/mol. The van der Waals surface area contributed by atoms with Crippen molar-refractivity contribution in [2.75, 3.05) is 0 Å². The van der Waals surface area contributed by atoms with E-state index in [4.69, 9.17) is 4.74 Å². The zero-order valence-corrected chi connectivity index (χ0v) is 24.2. The predicted octanol–water partition coefficient (Wildman–Crippen LogP) is 4.05. The molecule has 0 saturated heterocycles. The van der Waals surface area contributed by atoms with Crippen LogP contribution in [0.1, 0.15) is 89.5 Å². The summed E-state index contributed by atoms with van der Waals surface area (Å²) in [5, 5.41) is 12.5. The molecule has 0 aliphatic rings. The fraction of sp³-hybridized carbons (Fsp3) is 0.538. The van der Waals surface area contributed by atoms with Gasteiger partial charge in [-0.3, -0.25) is 4.55 Å². The number of para-hydroxylation sites is 1. The van der Waals surface area contributed by atoms with Gasteiger partial charge in [0.15, 0.2) is 0 Å². The van der Waals surface area contributed by atoms with Crippen LogP contribution in [0.15, 0.2) is 47.4 Å². The van der Waals surface area contributed by atoms with Crippen LogP contribution in [-0.2, 0) is 16.5 Å². The molecule has 178 valence electrons. The van der Waals surface area contributed by atoms with Crippen molar-refractivity contribution in [2.24, 2.45) is 0 Å². The van der Waals surface area contributed by atoms with Crippen LogP contribution >= 0.6 is 0 Å². The third kappa shape index (κ3) is 12.2. The van der Waals surface area contributed by atoms with Crippen LogP contribution < -0.4 is 61.2 Å². The number of hydrogen-bond acceptors (Lipinski definition) is 4. The van der Waals surface area contributed by atoms with Gasteiger partial charge in [-0.25, -0.2) is 0 Å². The molecule has 0 radical (unpaired) electrons. The van der Waals surface area contributed by atoms with Gasteiger partial charge < -0.3 is 9.84 Å². The van der Waals surface area contributed by atoms with Gasteiger partial charge in [-0.1, -0.05) is 108 Å². The molecule has 0 amide bonds. The summed E-state index contributed by atoms with van der Waals surface area (Å²) in [6.45, 7) is 2.24. The fourth-order valence-corrected chi connectivity index (χ4v) is 4.52. The zero-order valence-electron chi connectivity index (χ0n) is 20.2. The van der Waals surface area contributed by atoms with Crippen molar-refractivity contribution in [3.05, 3.63) is 48.0 Å². The van der Waals surface area contributed by atoms with E-state index in [1.165, 1.54) is 69.9 Å². The second kappa shape index (κ2) is 17.1. The first-order valence-corrected chi connectivity index (χ1v) is 13.4. The van der Waals surface area contributed by atoms with Gasteiger partial charge in [0.2, 0.25) is 0 Å². The molecule has 0 atom stereocenters. The first kappa shape index (κ1) is 30.6. The van der Waals surface area contributed by atoms with E-state index in [1.807, 2.05) is 0 Å². The summed E-state index contributed by atoms with van der Waals surface area (Å²) in [5.74, 6) is -0.571. The average Bonchev–Trinajstić information content (AvgIpc) is 2.76. The molecule has 2 aromatic carbocycles. The number of hydrogen-bond donors (Lipinski definition) is 1. The van der Waals surface area contributed by atoms with Crippen molar-refractivity contribution >= 4 is 10.1 Å². The van der Waals surface area contributed by atoms with Crippen LogP contribution in [0.3, 0.4) is 0 Å². The van der Waals surface area contributed by atoms with Crippen LogP contribution in [0.4, 0.5) is 0 Å². The second-order valence-electron chi connectivity index (χ2n) is 8.45. The molecule has 33 heavy (non-hydrogen) atoms. The minimum atomic E-state index is -4.58. The molecule has 2 aromatic rings. The number of rotatable bonds is 16. The molecule has 5 nitrogen and oxygen atoms in total. The molecule has 2 rings (SSSR count). The molecular formula is C26H37KO5S. The third-order valence-electron chi connectivity index (χ3n) is 5.64.